The number of para-hydroxylation sites is 1. The number of hydrogen-bond acceptors (Lipinski definition) is 2. The van der Waals surface area contributed by atoms with E-state index in [1.807, 2.05) is 37.4 Å². The summed E-state index contributed by atoms with van der Waals surface area (Å²) in [6.45, 7) is 0. The molecule has 1 aliphatic rings. The highest BCUT2D eigenvalue weighted by Gasteiger charge is 2.32. The summed E-state index contributed by atoms with van der Waals surface area (Å²) in [5.74, 6) is 0.232. The minimum absolute atomic E-state index is 0.127. The first-order valence-corrected chi connectivity index (χ1v) is 7.06. The number of rotatable bonds is 2. The highest BCUT2D eigenvalue weighted by atomic mass is 79.9. The van der Waals surface area contributed by atoms with Crippen LogP contribution in [0.15, 0.2) is 53.0 Å². The SMILES string of the molecule is CN(c1ccccc1)C1CC(=O)c2ccc(Br)cc21. The molecule has 2 aromatic carbocycles. The van der Waals surface area contributed by atoms with Crippen LogP contribution < -0.4 is 4.90 Å². The fourth-order valence-electron chi connectivity index (χ4n) is 2.65. The van der Waals surface area contributed by atoms with Gasteiger partial charge in [0, 0.05) is 29.2 Å². The molecule has 0 heterocycles. The number of halogens is 1. The zero-order chi connectivity index (χ0) is 13.4. The Morgan fingerprint density at radius 3 is 2.63 bits per heavy atom. The molecule has 19 heavy (non-hydrogen) atoms. The topological polar surface area (TPSA) is 20.3 Å². The molecule has 0 amide bonds. The summed E-state index contributed by atoms with van der Waals surface area (Å²) in [7, 11) is 2.04. The van der Waals surface area contributed by atoms with Gasteiger partial charge in [-0.3, -0.25) is 4.79 Å². The van der Waals surface area contributed by atoms with E-state index in [9.17, 15) is 4.79 Å². The van der Waals surface area contributed by atoms with E-state index in [4.69, 9.17) is 0 Å². The van der Waals surface area contributed by atoms with Crippen LogP contribution in [-0.2, 0) is 0 Å². The standard InChI is InChI=1S/C16H14BrNO/c1-18(12-5-3-2-4-6-12)15-10-16(19)13-8-7-11(17)9-14(13)15/h2-9,15H,10H2,1H3. The van der Waals surface area contributed by atoms with Crippen LogP contribution in [0.2, 0.25) is 0 Å². The molecule has 1 unspecified atom stereocenters. The minimum Gasteiger partial charge on any atom is -0.367 e. The van der Waals surface area contributed by atoms with Gasteiger partial charge in [-0.05, 0) is 35.9 Å². The lowest BCUT2D eigenvalue weighted by Crippen LogP contribution is -2.22. The first kappa shape index (κ1) is 12.4. The molecule has 0 aromatic heterocycles. The van der Waals surface area contributed by atoms with Crippen molar-refractivity contribution in [2.24, 2.45) is 0 Å². The Labute approximate surface area is 121 Å². The van der Waals surface area contributed by atoms with Crippen LogP contribution in [0.3, 0.4) is 0 Å². The van der Waals surface area contributed by atoms with Gasteiger partial charge in [-0.1, -0.05) is 34.1 Å². The van der Waals surface area contributed by atoms with Crippen molar-refractivity contribution in [1.82, 2.24) is 0 Å². The van der Waals surface area contributed by atoms with E-state index in [0.717, 1.165) is 21.3 Å². The summed E-state index contributed by atoms with van der Waals surface area (Å²) in [5.41, 5.74) is 3.11. The lowest BCUT2D eigenvalue weighted by molar-refractivity contribution is 0.0988. The van der Waals surface area contributed by atoms with Crippen LogP contribution in [0.25, 0.3) is 0 Å². The molecule has 1 atom stereocenters. The number of carbonyl (C=O) groups excluding carboxylic acids is 1. The van der Waals surface area contributed by atoms with Crippen molar-refractivity contribution in [3.05, 3.63) is 64.1 Å². The molecule has 3 rings (SSSR count). The van der Waals surface area contributed by atoms with Gasteiger partial charge in [0.1, 0.15) is 0 Å². The number of benzene rings is 2. The van der Waals surface area contributed by atoms with Crippen LogP contribution in [0.4, 0.5) is 5.69 Å². The third-order valence-corrected chi connectivity index (χ3v) is 4.18. The molecular weight excluding hydrogens is 302 g/mol. The van der Waals surface area contributed by atoms with Crippen LogP contribution >= 0.6 is 15.9 Å². The number of fused-ring (bicyclic) bond motifs is 1. The Bertz CT molecular complexity index is 624. The Morgan fingerprint density at radius 1 is 1.16 bits per heavy atom. The molecule has 0 N–H and O–H groups in total. The summed E-state index contributed by atoms with van der Waals surface area (Å²) < 4.78 is 1.02. The monoisotopic (exact) mass is 315 g/mol. The van der Waals surface area contributed by atoms with Gasteiger partial charge in [0.2, 0.25) is 0 Å². The van der Waals surface area contributed by atoms with Crippen LogP contribution in [-0.4, -0.2) is 12.8 Å². The predicted octanol–water partition coefficient (Wildman–Crippen LogP) is 4.21. The lowest BCUT2D eigenvalue weighted by atomic mass is 10.1. The molecular formula is C16H14BrNO. The van der Waals surface area contributed by atoms with Crippen LogP contribution in [0.1, 0.15) is 28.4 Å². The molecule has 0 aliphatic heterocycles. The average molecular weight is 316 g/mol. The Balaban J connectivity index is 2.01. The lowest BCUT2D eigenvalue weighted by Gasteiger charge is -2.27. The quantitative estimate of drug-likeness (QED) is 0.827. The maximum atomic E-state index is 12.1. The Morgan fingerprint density at radius 2 is 1.89 bits per heavy atom. The smallest absolute Gasteiger partial charge is 0.165 e. The Kier molecular flexibility index (Phi) is 3.15. The second-order valence-corrected chi connectivity index (χ2v) is 5.74. The van der Waals surface area contributed by atoms with Crippen molar-refractivity contribution in [3.63, 3.8) is 0 Å². The summed E-state index contributed by atoms with van der Waals surface area (Å²) in [6.07, 6.45) is 0.553. The third kappa shape index (κ3) is 2.19. The highest BCUT2D eigenvalue weighted by molar-refractivity contribution is 9.10. The van der Waals surface area contributed by atoms with Crippen molar-refractivity contribution in [3.8, 4) is 0 Å². The van der Waals surface area contributed by atoms with Crippen molar-refractivity contribution >= 4 is 27.4 Å². The van der Waals surface area contributed by atoms with E-state index in [1.54, 1.807) is 0 Å². The van der Waals surface area contributed by atoms with E-state index < -0.39 is 0 Å². The molecule has 96 valence electrons. The largest absolute Gasteiger partial charge is 0.367 e. The van der Waals surface area contributed by atoms with E-state index in [0.29, 0.717) is 6.42 Å². The fourth-order valence-corrected chi connectivity index (χ4v) is 3.03. The maximum absolute atomic E-state index is 12.1. The number of nitrogens with zero attached hydrogens (tertiary/aromatic N) is 1. The number of anilines is 1. The van der Waals surface area contributed by atoms with Gasteiger partial charge in [0.05, 0.1) is 6.04 Å². The number of ketones is 1. The summed E-state index contributed by atoms with van der Waals surface area (Å²) in [6, 6.07) is 16.2. The maximum Gasteiger partial charge on any atom is 0.165 e. The fraction of sp³-hybridized carbons (Fsp3) is 0.188. The van der Waals surface area contributed by atoms with Gasteiger partial charge < -0.3 is 4.90 Å². The first-order valence-electron chi connectivity index (χ1n) is 6.27. The van der Waals surface area contributed by atoms with Gasteiger partial charge in [-0.25, -0.2) is 0 Å². The summed E-state index contributed by atoms with van der Waals surface area (Å²) in [4.78, 5) is 14.3. The van der Waals surface area contributed by atoms with E-state index >= 15 is 0 Å². The predicted molar refractivity (Wildman–Crippen MR) is 80.7 cm³/mol. The molecule has 0 fully saturated rings. The van der Waals surface area contributed by atoms with Gasteiger partial charge in [-0.2, -0.15) is 0 Å². The Hall–Kier alpha value is -1.61. The molecule has 0 saturated heterocycles. The number of hydrogen-bond donors (Lipinski definition) is 0. The van der Waals surface area contributed by atoms with Gasteiger partial charge >= 0.3 is 0 Å². The molecule has 0 radical (unpaired) electrons. The summed E-state index contributed by atoms with van der Waals surface area (Å²) in [5, 5.41) is 0. The van der Waals surface area contributed by atoms with E-state index in [-0.39, 0.29) is 11.8 Å². The van der Waals surface area contributed by atoms with Gasteiger partial charge in [-0.15, -0.1) is 0 Å². The zero-order valence-corrected chi connectivity index (χ0v) is 12.2. The normalized spacial score (nSPS) is 17.4. The van der Waals surface area contributed by atoms with Crippen LogP contribution in [0.5, 0.6) is 0 Å². The highest BCUT2D eigenvalue weighted by Crippen LogP contribution is 2.38. The summed E-state index contributed by atoms with van der Waals surface area (Å²) >= 11 is 3.49. The molecule has 0 spiro atoms. The average Bonchev–Trinajstić information content (AvgIpc) is 2.75. The van der Waals surface area contributed by atoms with Crippen LogP contribution in [0, 0.1) is 0 Å². The van der Waals surface area contributed by atoms with Crippen molar-refractivity contribution in [2.75, 3.05) is 11.9 Å². The van der Waals surface area contributed by atoms with Gasteiger partial charge in [0.25, 0.3) is 0 Å². The zero-order valence-electron chi connectivity index (χ0n) is 10.6. The number of carbonyl (C=O) groups is 1. The molecule has 0 bridgehead atoms. The third-order valence-electron chi connectivity index (χ3n) is 3.68. The molecule has 2 nitrogen and oxygen atoms in total. The van der Waals surface area contributed by atoms with E-state index in [2.05, 4.69) is 39.0 Å². The molecule has 0 saturated carbocycles. The molecule has 2 aromatic rings. The van der Waals surface area contributed by atoms with Crippen molar-refractivity contribution in [2.45, 2.75) is 12.5 Å². The van der Waals surface area contributed by atoms with Crippen molar-refractivity contribution < 1.29 is 4.79 Å². The minimum atomic E-state index is 0.127. The van der Waals surface area contributed by atoms with Crippen molar-refractivity contribution in [1.29, 1.82) is 0 Å². The number of Topliss-reactive ketones (excluding diaryl/α,β-unsaturated/α-hetero) is 1. The van der Waals surface area contributed by atoms with E-state index in [1.165, 1.54) is 0 Å². The second kappa shape index (κ2) is 4.82. The molecule has 3 heteroatoms. The second-order valence-electron chi connectivity index (χ2n) is 4.82. The first-order chi connectivity index (χ1) is 9.16. The molecule has 1 aliphatic carbocycles. The van der Waals surface area contributed by atoms with Gasteiger partial charge in [0.15, 0.2) is 5.78 Å².